The molecule has 0 aromatic heterocycles. The summed E-state index contributed by atoms with van der Waals surface area (Å²) in [5, 5.41) is 1.82. The first-order valence-electron chi connectivity index (χ1n) is 6.50. The number of carbonyl (C=O) groups is 2. The van der Waals surface area contributed by atoms with Crippen LogP contribution in [-0.4, -0.2) is 42.2 Å². The second-order valence-corrected chi connectivity index (χ2v) is 6.59. The van der Waals surface area contributed by atoms with Crippen LogP contribution in [0.15, 0.2) is 0 Å². The zero-order chi connectivity index (χ0) is 16.7. The van der Waals surface area contributed by atoms with E-state index in [1.165, 1.54) is 11.8 Å². The number of esters is 1. The molecule has 4 nitrogen and oxygen atoms in total. The van der Waals surface area contributed by atoms with Crippen LogP contribution in [0, 0.1) is 5.92 Å². The molecule has 8 heteroatoms. The Balaban J connectivity index is 4.56. The van der Waals surface area contributed by atoms with Gasteiger partial charge in [-0.3, -0.25) is 9.59 Å². The van der Waals surface area contributed by atoms with Crippen molar-refractivity contribution in [3.05, 3.63) is 0 Å². The highest BCUT2D eigenvalue weighted by Crippen LogP contribution is 2.18. The highest BCUT2D eigenvalue weighted by Gasteiger charge is 2.31. The molecule has 0 rings (SSSR count). The smallest absolute Gasteiger partial charge is 0.405 e. The van der Waals surface area contributed by atoms with Crippen molar-refractivity contribution in [2.24, 2.45) is 5.92 Å². The Bertz CT molecular complexity index is 354. The van der Waals surface area contributed by atoms with Gasteiger partial charge in [-0.15, -0.1) is 0 Å². The van der Waals surface area contributed by atoms with Crippen LogP contribution >= 0.6 is 11.8 Å². The molecule has 0 aliphatic carbocycles. The number of hydrogen-bond acceptors (Lipinski definition) is 4. The Morgan fingerprint density at radius 3 is 2.24 bits per heavy atom. The van der Waals surface area contributed by atoms with Gasteiger partial charge >= 0.3 is 12.1 Å². The second-order valence-electron chi connectivity index (χ2n) is 5.60. The molecular weight excluding hydrogens is 307 g/mol. The molecule has 0 bridgehead atoms. The minimum atomic E-state index is -4.47. The van der Waals surface area contributed by atoms with Gasteiger partial charge < -0.3 is 10.1 Å². The Morgan fingerprint density at radius 2 is 1.81 bits per heavy atom. The third-order valence-corrected chi connectivity index (χ3v) is 2.98. The Labute approximate surface area is 127 Å². The lowest BCUT2D eigenvalue weighted by molar-refractivity contribution is -0.157. The molecule has 0 aromatic carbocycles. The number of halogens is 3. The van der Waals surface area contributed by atoms with Gasteiger partial charge in [0.05, 0.1) is 6.42 Å². The van der Waals surface area contributed by atoms with E-state index < -0.39 is 36.1 Å². The molecule has 0 saturated carbocycles. The molecule has 1 amide bonds. The highest BCUT2D eigenvalue weighted by atomic mass is 32.2. The van der Waals surface area contributed by atoms with Crippen LogP contribution < -0.4 is 5.32 Å². The maximum absolute atomic E-state index is 12.1. The lowest BCUT2D eigenvalue weighted by Crippen LogP contribution is -2.39. The average molecular weight is 329 g/mol. The Kier molecular flexibility index (Phi) is 8.13. The van der Waals surface area contributed by atoms with Crippen molar-refractivity contribution in [2.45, 2.75) is 45.4 Å². The fourth-order valence-electron chi connectivity index (χ4n) is 1.50. The van der Waals surface area contributed by atoms with E-state index in [-0.39, 0.29) is 6.42 Å². The first-order chi connectivity index (χ1) is 9.44. The normalized spacial score (nSPS) is 13.7. The number of rotatable bonds is 7. The fourth-order valence-corrected chi connectivity index (χ4v) is 2.02. The topological polar surface area (TPSA) is 55.4 Å². The monoisotopic (exact) mass is 329 g/mol. The summed E-state index contributed by atoms with van der Waals surface area (Å²) in [4.78, 5) is 23.5. The molecule has 21 heavy (non-hydrogen) atoms. The molecule has 124 valence electrons. The van der Waals surface area contributed by atoms with Crippen LogP contribution in [0.1, 0.15) is 33.6 Å². The van der Waals surface area contributed by atoms with E-state index in [4.69, 9.17) is 4.74 Å². The largest absolute Gasteiger partial charge is 0.460 e. The standard InChI is InChI=1S/C13H22F3NO3S/c1-12(2,3)20-10(18)7-9(5-6-21-4)11(19)17-8-13(14,15)16/h9H,5-8H2,1-4H3,(H,17,19)/t9-/m0/s1. The summed E-state index contributed by atoms with van der Waals surface area (Å²) in [6.45, 7) is 3.67. The van der Waals surface area contributed by atoms with Gasteiger partial charge in [0, 0.05) is 5.92 Å². The summed E-state index contributed by atoms with van der Waals surface area (Å²) < 4.78 is 41.4. The molecule has 0 aliphatic rings. The van der Waals surface area contributed by atoms with E-state index >= 15 is 0 Å². The first kappa shape index (κ1) is 20.1. The molecule has 0 aromatic rings. The number of carbonyl (C=O) groups excluding carboxylic acids is 2. The van der Waals surface area contributed by atoms with E-state index in [0.717, 1.165) is 0 Å². The van der Waals surface area contributed by atoms with E-state index in [0.29, 0.717) is 12.2 Å². The van der Waals surface area contributed by atoms with E-state index in [1.54, 1.807) is 20.8 Å². The molecule has 0 unspecified atom stereocenters. The van der Waals surface area contributed by atoms with Gasteiger partial charge in [-0.25, -0.2) is 0 Å². The quantitative estimate of drug-likeness (QED) is 0.730. The molecule has 0 fully saturated rings. The summed E-state index contributed by atoms with van der Waals surface area (Å²) in [5.74, 6) is -1.59. The number of ether oxygens (including phenoxy) is 1. The minimum Gasteiger partial charge on any atom is -0.460 e. The van der Waals surface area contributed by atoms with Crippen LogP contribution in [0.25, 0.3) is 0 Å². The van der Waals surface area contributed by atoms with E-state index in [1.807, 2.05) is 11.6 Å². The van der Waals surface area contributed by atoms with Crippen LogP contribution in [-0.2, 0) is 14.3 Å². The molecule has 0 heterocycles. The second kappa shape index (κ2) is 8.51. The lowest BCUT2D eigenvalue weighted by atomic mass is 10.0. The molecule has 1 N–H and O–H groups in total. The number of nitrogens with one attached hydrogen (secondary N) is 1. The van der Waals surface area contributed by atoms with E-state index in [2.05, 4.69) is 0 Å². The van der Waals surface area contributed by atoms with E-state index in [9.17, 15) is 22.8 Å². The lowest BCUT2D eigenvalue weighted by Gasteiger charge is -2.22. The molecule has 0 saturated heterocycles. The summed E-state index contributed by atoms with van der Waals surface area (Å²) in [5.41, 5.74) is -0.691. The zero-order valence-corrected chi connectivity index (χ0v) is 13.5. The Hall–Kier alpha value is -0.920. The van der Waals surface area contributed by atoms with Gasteiger partial charge in [-0.05, 0) is 39.2 Å². The minimum absolute atomic E-state index is 0.221. The predicted molar refractivity (Wildman–Crippen MR) is 76.0 cm³/mol. The fraction of sp³-hybridized carbons (Fsp3) is 0.846. The SMILES string of the molecule is CSCC[C@@H](CC(=O)OC(C)(C)C)C(=O)NCC(F)(F)F. The molecular formula is C13H22F3NO3S. The molecule has 1 atom stereocenters. The average Bonchev–Trinajstić information content (AvgIpc) is 2.28. The van der Waals surface area contributed by atoms with Crippen LogP contribution in [0.5, 0.6) is 0 Å². The van der Waals surface area contributed by atoms with Crippen molar-refractivity contribution in [3.63, 3.8) is 0 Å². The number of amides is 1. The third kappa shape index (κ3) is 11.4. The maximum atomic E-state index is 12.1. The number of hydrogen-bond donors (Lipinski definition) is 1. The summed E-state index contributed by atoms with van der Waals surface area (Å²) >= 11 is 1.46. The van der Waals surface area contributed by atoms with Gasteiger partial charge in [0.1, 0.15) is 12.1 Å². The van der Waals surface area contributed by atoms with Crippen molar-refractivity contribution in [1.29, 1.82) is 0 Å². The van der Waals surface area contributed by atoms with Gasteiger partial charge in [0.25, 0.3) is 0 Å². The van der Waals surface area contributed by atoms with Gasteiger partial charge in [0.15, 0.2) is 0 Å². The van der Waals surface area contributed by atoms with Gasteiger partial charge in [0.2, 0.25) is 5.91 Å². The van der Waals surface area contributed by atoms with Crippen LogP contribution in [0.3, 0.4) is 0 Å². The van der Waals surface area contributed by atoms with Crippen LogP contribution in [0.2, 0.25) is 0 Å². The molecule has 0 radical (unpaired) electrons. The maximum Gasteiger partial charge on any atom is 0.405 e. The van der Waals surface area contributed by atoms with Gasteiger partial charge in [-0.2, -0.15) is 24.9 Å². The molecule has 0 spiro atoms. The number of alkyl halides is 3. The van der Waals surface area contributed by atoms with Gasteiger partial charge in [-0.1, -0.05) is 0 Å². The first-order valence-corrected chi connectivity index (χ1v) is 7.89. The summed E-state index contributed by atoms with van der Waals surface area (Å²) in [6.07, 6.45) is -2.55. The summed E-state index contributed by atoms with van der Waals surface area (Å²) in [7, 11) is 0. The Morgan fingerprint density at radius 1 is 1.24 bits per heavy atom. The molecule has 0 aliphatic heterocycles. The van der Waals surface area contributed by atoms with Crippen molar-refractivity contribution >= 4 is 23.6 Å². The van der Waals surface area contributed by atoms with Crippen molar-refractivity contribution in [1.82, 2.24) is 5.32 Å². The zero-order valence-electron chi connectivity index (χ0n) is 12.7. The third-order valence-electron chi connectivity index (χ3n) is 2.34. The van der Waals surface area contributed by atoms with Crippen molar-refractivity contribution in [2.75, 3.05) is 18.6 Å². The number of thioether (sulfide) groups is 1. The summed E-state index contributed by atoms with van der Waals surface area (Å²) in [6, 6.07) is 0. The highest BCUT2D eigenvalue weighted by molar-refractivity contribution is 7.98. The van der Waals surface area contributed by atoms with Crippen molar-refractivity contribution < 1.29 is 27.5 Å². The van der Waals surface area contributed by atoms with Crippen LogP contribution in [0.4, 0.5) is 13.2 Å². The van der Waals surface area contributed by atoms with Crippen molar-refractivity contribution in [3.8, 4) is 0 Å². The predicted octanol–water partition coefficient (Wildman–Crippen LogP) is 2.77.